The van der Waals surface area contributed by atoms with Crippen LogP contribution in [0.4, 0.5) is 0 Å². The van der Waals surface area contributed by atoms with E-state index < -0.39 is 17.8 Å². The first-order valence-corrected chi connectivity index (χ1v) is 3.28. The summed E-state index contributed by atoms with van der Waals surface area (Å²) in [6.07, 6.45) is -1.83. The van der Waals surface area contributed by atoms with Crippen molar-refractivity contribution in [1.29, 1.82) is 0 Å². The molecule has 0 radical (unpaired) electrons. The fourth-order valence-corrected chi connectivity index (χ4v) is 0.833. The average molecular weight is 212 g/mol. The van der Waals surface area contributed by atoms with Gasteiger partial charge in [-0.2, -0.15) is 0 Å². The van der Waals surface area contributed by atoms with E-state index in [1.807, 2.05) is 0 Å². The standard InChI is InChI=1S/C8H8O4.2Na/c9-6-4-2-1-3-5(6)7(10)8(11)12;;/h1-4,7,9-10H,(H,11,12);;/q;2*+1/p-2. The summed E-state index contributed by atoms with van der Waals surface area (Å²) in [5.74, 6) is -2.17. The third-order valence-electron chi connectivity index (χ3n) is 1.44. The van der Waals surface area contributed by atoms with Gasteiger partial charge in [0.15, 0.2) is 0 Å². The zero-order valence-corrected chi connectivity index (χ0v) is 12.1. The van der Waals surface area contributed by atoms with Crippen LogP contribution in [0.2, 0.25) is 0 Å². The quantitative estimate of drug-likeness (QED) is 0.493. The summed E-state index contributed by atoms with van der Waals surface area (Å²) in [6, 6.07) is 5.38. The molecule has 6 heteroatoms. The minimum atomic E-state index is -1.83. The van der Waals surface area contributed by atoms with Crippen molar-refractivity contribution in [2.75, 3.05) is 0 Å². The number of aliphatic hydroxyl groups excluding tert-OH is 1. The second kappa shape index (κ2) is 7.70. The molecule has 0 bridgehead atoms. The largest absolute Gasteiger partial charge is 1.00 e. The second-order valence-electron chi connectivity index (χ2n) is 2.26. The van der Waals surface area contributed by atoms with Gasteiger partial charge in [-0.05, 0) is 5.56 Å². The number of carbonyl (C=O) groups excluding carboxylic acids is 1. The Morgan fingerprint density at radius 3 is 2.21 bits per heavy atom. The molecule has 0 heterocycles. The Morgan fingerprint density at radius 2 is 1.79 bits per heavy atom. The van der Waals surface area contributed by atoms with Gasteiger partial charge in [0.25, 0.3) is 0 Å². The third-order valence-corrected chi connectivity index (χ3v) is 1.44. The van der Waals surface area contributed by atoms with Crippen LogP contribution in [-0.4, -0.2) is 11.1 Å². The first kappa shape index (κ1) is 16.9. The minimum Gasteiger partial charge on any atom is -0.872 e. The van der Waals surface area contributed by atoms with Crippen LogP contribution in [0.1, 0.15) is 11.7 Å². The van der Waals surface area contributed by atoms with Crippen molar-refractivity contribution in [3.63, 3.8) is 0 Å². The number of para-hydroxylation sites is 1. The number of carbonyl (C=O) groups is 1. The van der Waals surface area contributed by atoms with Gasteiger partial charge in [-0.25, -0.2) is 0 Å². The molecule has 0 amide bonds. The zero-order chi connectivity index (χ0) is 9.14. The predicted molar refractivity (Wildman–Crippen MR) is 35.9 cm³/mol. The first-order valence-electron chi connectivity index (χ1n) is 3.28. The van der Waals surface area contributed by atoms with Crippen molar-refractivity contribution in [2.24, 2.45) is 0 Å². The number of hydrogen-bond donors (Lipinski definition) is 1. The average Bonchev–Trinajstić information content (AvgIpc) is 2.04. The molecule has 1 aromatic rings. The maximum atomic E-state index is 10.9. The number of rotatable bonds is 2. The zero-order valence-electron chi connectivity index (χ0n) is 8.06. The van der Waals surface area contributed by atoms with E-state index in [0.717, 1.165) is 0 Å². The summed E-state index contributed by atoms with van der Waals surface area (Å²) in [6.45, 7) is 0. The molecule has 0 aliphatic carbocycles. The second-order valence-corrected chi connectivity index (χ2v) is 2.26. The first-order chi connectivity index (χ1) is 5.63. The van der Waals surface area contributed by atoms with E-state index in [0.29, 0.717) is 0 Å². The number of hydrogen-bond acceptors (Lipinski definition) is 4. The van der Waals surface area contributed by atoms with Crippen LogP contribution < -0.4 is 69.3 Å². The Bertz CT molecular complexity index is 303. The molecule has 4 nitrogen and oxygen atoms in total. The number of benzene rings is 1. The fraction of sp³-hybridized carbons (Fsp3) is 0.125. The van der Waals surface area contributed by atoms with E-state index >= 15 is 0 Å². The summed E-state index contributed by atoms with van der Waals surface area (Å²) >= 11 is 0. The van der Waals surface area contributed by atoms with Gasteiger partial charge in [0.1, 0.15) is 6.10 Å². The minimum absolute atomic E-state index is 0. The van der Waals surface area contributed by atoms with Gasteiger partial charge >= 0.3 is 59.1 Å². The molecule has 1 aromatic carbocycles. The van der Waals surface area contributed by atoms with Crippen LogP contribution in [-0.2, 0) is 4.79 Å². The molecular formula is C8H6Na2O4. The molecule has 14 heavy (non-hydrogen) atoms. The Balaban J connectivity index is 0. The van der Waals surface area contributed by atoms with E-state index in [-0.39, 0.29) is 64.7 Å². The Kier molecular flexibility index (Phi) is 9.28. The van der Waals surface area contributed by atoms with E-state index in [4.69, 9.17) is 5.11 Å². The summed E-state index contributed by atoms with van der Waals surface area (Å²) < 4.78 is 0. The van der Waals surface area contributed by atoms with Crippen LogP contribution in [0.25, 0.3) is 0 Å². The molecule has 0 spiro atoms. The fourth-order valence-electron chi connectivity index (χ4n) is 0.833. The molecule has 0 saturated heterocycles. The van der Waals surface area contributed by atoms with Gasteiger partial charge in [-0.15, -0.1) is 5.75 Å². The molecule has 1 unspecified atom stereocenters. The Hall–Kier alpha value is 0.450. The van der Waals surface area contributed by atoms with E-state index in [9.17, 15) is 15.0 Å². The number of carboxylic acid groups (broad SMARTS) is 1. The Labute approximate surface area is 126 Å². The Morgan fingerprint density at radius 1 is 1.29 bits per heavy atom. The van der Waals surface area contributed by atoms with Crippen molar-refractivity contribution in [3.8, 4) is 5.75 Å². The molecule has 0 fully saturated rings. The van der Waals surface area contributed by atoms with Gasteiger partial charge in [0.05, 0.1) is 5.97 Å². The number of aliphatic hydroxyl groups is 1. The molecule has 1 atom stereocenters. The van der Waals surface area contributed by atoms with E-state index in [2.05, 4.69) is 0 Å². The molecular weight excluding hydrogens is 206 g/mol. The van der Waals surface area contributed by atoms with Crippen LogP contribution in [0.3, 0.4) is 0 Å². The normalized spacial score (nSPS) is 10.6. The van der Waals surface area contributed by atoms with Gasteiger partial charge < -0.3 is 20.1 Å². The van der Waals surface area contributed by atoms with Crippen LogP contribution >= 0.6 is 0 Å². The van der Waals surface area contributed by atoms with Gasteiger partial charge in [-0.3, -0.25) is 0 Å². The predicted octanol–water partition coefficient (Wildman–Crippen LogP) is -7.45. The molecule has 0 aliphatic rings. The summed E-state index contributed by atoms with van der Waals surface area (Å²) in [5, 5.41) is 30.0. The molecule has 0 aromatic heterocycles. The van der Waals surface area contributed by atoms with Gasteiger partial charge in [0, 0.05) is 0 Å². The van der Waals surface area contributed by atoms with Crippen molar-refractivity contribution in [3.05, 3.63) is 29.8 Å². The van der Waals surface area contributed by atoms with Crippen molar-refractivity contribution >= 4 is 5.97 Å². The molecule has 1 N–H and O–H groups in total. The van der Waals surface area contributed by atoms with Crippen molar-refractivity contribution < 1.29 is 79.2 Å². The van der Waals surface area contributed by atoms with E-state index in [1.165, 1.54) is 24.3 Å². The van der Waals surface area contributed by atoms with Crippen LogP contribution in [0.5, 0.6) is 5.75 Å². The number of carboxylic acids is 1. The van der Waals surface area contributed by atoms with Crippen LogP contribution in [0, 0.1) is 0 Å². The van der Waals surface area contributed by atoms with E-state index in [1.54, 1.807) is 0 Å². The van der Waals surface area contributed by atoms with Crippen molar-refractivity contribution in [1.82, 2.24) is 0 Å². The maximum Gasteiger partial charge on any atom is 1.00 e. The molecule has 0 saturated carbocycles. The summed E-state index contributed by atoms with van der Waals surface area (Å²) in [7, 11) is 0. The van der Waals surface area contributed by atoms with Gasteiger partial charge in [-0.1, -0.05) is 24.3 Å². The topological polar surface area (TPSA) is 83.4 Å². The van der Waals surface area contributed by atoms with Gasteiger partial charge in [0.2, 0.25) is 0 Å². The third kappa shape index (κ3) is 4.31. The molecule has 1 rings (SSSR count). The SMILES string of the molecule is O=C([O-])C(O)c1ccccc1[O-].[Na+].[Na+]. The smallest absolute Gasteiger partial charge is 0.872 e. The summed E-state index contributed by atoms with van der Waals surface area (Å²) in [5.41, 5.74) is -0.169. The maximum absolute atomic E-state index is 10.9. The molecule has 0 aliphatic heterocycles. The number of aliphatic carboxylic acids is 1. The molecule has 64 valence electrons. The van der Waals surface area contributed by atoms with Crippen LogP contribution in [0.15, 0.2) is 24.3 Å². The summed E-state index contributed by atoms with van der Waals surface area (Å²) in [4.78, 5) is 10.2. The monoisotopic (exact) mass is 212 g/mol. The van der Waals surface area contributed by atoms with Crippen molar-refractivity contribution in [2.45, 2.75) is 6.10 Å².